The van der Waals surface area contributed by atoms with Crippen LogP contribution in [0, 0.1) is 12.7 Å². The number of aromatic nitrogens is 2. The van der Waals surface area contributed by atoms with Crippen LogP contribution in [-0.4, -0.2) is 67.3 Å². The molecule has 1 amide bonds. The summed E-state index contributed by atoms with van der Waals surface area (Å²) in [6, 6.07) is 4.96. The fourth-order valence-corrected chi connectivity index (χ4v) is 4.40. The van der Waals surface area contributed by atoms with Crippen molar-refractivity contribution in [3.05, 3.63) is 52.6 Å². The minimum Gasteiger partial charge on any atom is -0.399 e. The van der Waals surface area contributed by atoms with Crippen LogP contribution in [0.2, 0.25) is 0 Å². The molecule has 2 heterocycles. The van der Waals surface area contributed by atoms with E-state index in [0.717, 1.165) is 6.07 Å². The summed E-state index contributed by atoms with van der Waals surface area (Å²) in [6.07, 6.45) is -3.00. The number of nitrogens with zero attached hydrogens (tertiary/aromatic N) is 3. The summed E-state index contributed by atoms with van der Waals surface area (Å²) < 4.78 is 52.2. The van der Waals surface area contributed by atoms with Crippen molar-refractivity contribution in [2.75, 3.05) is 62.9 Å². The number of carbonyl (C=O) groups is 1. The number of benzene rings is 2. The number of halogens is 3. The maximum absolute atomic E-state index is 14.9. The number of anilines is 3. The number of alkyl halides is 2. The third-order valence-corrected chi connectivity index (χ3v) is 6.30. The summed E-state index contributed by atoms with van der Waals surface area (Å²) in [5.74, 6) is -0.404. The second-order valence-electron chi connectivity index (χ2n) is 9.04. The number of nitrogen functional groups attached to an aromatic ring is 1. The Hall–Kier alpha value is -3.64. The molecular weight excluding hydrogens is 501 g/mol. The first kappa shape index (κ1) is 27.4. The number of rotatable bonds is 9. The van der Waals surface area contributed by atoms with Crippen LogP contribution in [0.3, 0.4) is 0 Å². The molecule has 1 fully saturated rings. The predicted octanol–water partition coefficient (Wildman–Crippen LogP) is 4.30. The van der Waals surface area contributed by atoms with E-state index in [2.05, 4.69) is 20.6 Å². The smallest absolute Gasteiger partial charge is 0.266 e. The van der Waals surface area contributed by atoms with Crippen molar-refractivity contribution < 1.29 is 27.4 Å². The Morgan fingerprint density at radius 3 is 2.58 bits per heavy atom. The molecule has 0 radical (unpaired) electrons. The number of aryl methyl sites for hydroxylation is 1. The van der Waals surface area contributed by atoms with Crippen LogP contribution in [0.25, 0.3) is 10.9 Å². The van der Waals surface area contributed by atoms with E-state index in [1.807, 2.05) is 0 Å². The number of nitrogens with one attached hydrogen (secondary N) is 2. The van der Waals surface area contributed by atoms with Gasteiger partial charge in [0.15, 0.2) is 0 Å². The summed E-state index contributed by atoms with van der Waals surface area (Å²) in [5.41, 5.74) is 6.55. The first-order chi connectivity index (χ1) is 18.2. The molecular formula is C26H31F3N6O3. The number of ether oxygens (including phenoxy) is 2. The normalized spacial score (nSPS) is 14.7. The molecule has 1 unspecified atom stereocenters. The van der Waals surface area contributed by atoms with Gasteiger partial charge >= 0.3 is 0 Å². The SMILES string of the molecule is COCCNc1cc2c(NC(C)c3cc(N)cc(C(F)F)c3F)nc(C)nc2cc1C(=O)N1CCOCC1. The molecule has 0 spiro atoms. The molecule has 4 rings (SSSR count). The van der Waals surface area contributed by atoms with Gasteiger partial charge in [-0.1, -0.05) is 0 Å². The molecule has 3 aromatic rings. The first-order valence-corrected chi connectivity index (χ1v) is 12.2. The Kier molecular flexibility index (Phi) is 8.52. The minimum atomic E-state index is -3.00. The molecule has 9 nitrogen and oxygen atoms in total. The zero-order valence-electron chi connectivity index (χ0n) is 21.5. The highest BCUT2D eigenvalue weighted by Crippen LogP contribution is 2.34. The zero-order chi connectivity index (χ0) is 27.4. The highest BCUT2D eigenvalue weighted by molar-refractivity contribution is 6.05. The van der Waals surface area contributed by atoms with Gasteiger partial charge in [0.05, 0.1) is 42.5 Å². The quantitative estimate of drug-likeness (QED) is 0.276. The van der Waals surface area contributed by atoms with E-state index >= 15 is 0 Å². The lowest BCUT2D eigenvalue weighted by atomic mass is 10.0. The van der Waals surface area contributed by atoms with Gasteiger partial charge in [-0.2, -0.15) is 0 Å². The van der Waals surface area contributed by atoms with Crippen LogP contribution >= 0.6 is 0 Å². The lowest BCUT2D eigenvalue weighted by Crippen LogP contribution is -2.41. The van der Waals surface area contributed by atoms with Crippen LogP contribution in [0.15, 0.2) is 24.3 Å². The summed E-state index contributed by atoms with van der Waals surface area (Å²) in [7, 11) is 1.58. The second kappa shape index (κ2) is 11.8. The van der Waals surface area contributed by atoms with Crippen molar-refractivity contribution in [1.29, 1.82) is 0 Å². The maximum atomic E-state index is 14.9. The molecule has 204 valence electrons. The van der Waals surface area contributed by atoms with Crippen LogP contribution in [-0.2, 0) is 9.47 Å². The molecule has 1 saturated heterocycles. The standard InChI is InChI=1S/C26H31F3N6O3/c1-14(17-10-16(30)11-20(23(17)27)24(28)29)32-25-18-12-21(31-4-7-37-3)19(13-22(18)33-15(2)34-25)26(36)35-5-8-38-9-6-35/h10-14,24,31H,4-9,30H2,1-3H3,(H,32,33,34). The van der Waals surface area contributed by atoms with Gasteiger partial charge in [0.1, 0.15) is 17.5 Å². The van der Waals surface area contributed by atoms with Crippen LogP contribution in [0.5, 0.6) is 0 Å². The summed E-state index contributed by atoms with van der Waals surface area (Å²) in [5, 5.41) is 6.94. The van der Waals surface area contributed by atoms with E-state index in [9.17, 15) is 18.0 Å². The number of amides is 1. The summed E-state index contributed by atoms with van der Waals surface area (Å²) in [4.78, 5) is 24.1. The van der Waals surface area contributed by atoms with Gasteiger partial charge in [0, 0.05) is 49.1 Å². The minimum absolute atomic E-state index is 0.0118. The van der Waals surface area contributed by atoms with Gasteiger partial charge in [-0.25, -0.2) is 23.1 Å². The van der Waals surface area contributed by atoms with Crippen LogP contribution in [0.1, 0.15) is 46.7 Å². The predicted molar refractivity (Wildman–Crippen MR) is 139 cm³/mol. The number of fused-ring (bicyclic) bond motifs is 1. The number of carbonyl (C=O) groups excluding carboxylic acids is 1. The fourth-order valence-electron chi connectivity index (χ4n) is 4.40. The van der Waals surface area contributed by atoms with E-state index in [1.165, 1.54) is 6.07 Å². The Morgan fingerprint density at radius 2 is 1.89 bits per heavy atom. The Labute approximate surface area is 218 Å². The largest absolute Gasteiger partial charge is 0.399 e. The molecule has 12 heteroatoms. The monoisotopic (exact) mass is 532 g/mol. The number of nitrogens with two attached hydrogens (primary N) is 1. The van der Waals surface area contributed by atoms with E-state index < -0.39 is 23.8 Å². The van der Waals surface area contributed by atoms with Crippen molar-refractivity contribution >= 4 is 34.0 Å². The third kappa shape index (κ3) is 5.91. The molecule has 2 aromatic carbocycles. The molecule has 1 aliphatic heterocycles. The molecule has 38 heavy (non-hydrogen) atoms. The summed E-state index contributed by atoms with van der Waals surface area (Å²) in [6.45, 7) is 6.07. The Morgan fingerprint density at radius 1 is 1.18 bits per heavy atom. The maximum Gasteiger partial charge on any atom is 0.266 e. The molecule has 1 aliphatic rings. The van der Waals surface area contributed by atoms with Gasteiger partial charge in [0.2, 0.25) is 0 Å². The average molecular weight is 533 g/mol. The fraction of sp³-hybridized carbons (Fsp3) is 0.423. The number of hydrogen-bond donors (Lipinski definition) is 3. The second-order valence-corrected chi connectivity index (χ2v) is 9.04. The average Bonchev–Trinajstić information content (AvgIpc) is 2.89. The Balaban J connectivity index is 1.76. The van der Waals surface area contributed by atoms with Gasteiger partial charge in [-0.05, 0) is 38.1 Å². The molecule has 4 N–H and O–H groups in total. The highest BCUT2D eigenvalue weighted by atomic mass is 19.3. The van der Waals surface area contributed by atoms with Gasteiger partial charge < -0.3 is 30.7 Å². The molecule has 1 aromatic heterocycles. The topological polar surface area (TPSA) is 115 Å². The van der Waals surface area contributed by atoms with Gasteiger partial charge in [0.25, 0.3) is 12.3 Å². The zero-order valence-corrected chi connectivity index (χ0v) is 21.5. The van der Waals surface area contributed by atoms with Crippen LogP contribution < -0.4 is 16.4 Å². The number of hydrogen-bond acceptors (Lipinski definition) is 8. The molecule has 0 saturated carbocycles. The van der Waals surface area contributed by atoms with Gasteiger partial charge in [-0.3, -0.25) is 4.79 Å². The van der Waals surface area contributed by atoms with Crippen molar-refractivity contribution in [2.45, 2.75) is 26.3 Å². The third-order valence-electron chi connectivity index (χ3n) is 6.30. The molecule has 1 atom stereocenters. The lowest BCUT2D eigenvalue weighted by Gasteiger charge is -2.28. The lowest BCUT2D eigenvalue weighted by molar-refractivity contribution is 0.0303. The van der Waals surface area contributed by atoms with Crippen molar-refractivity contribution in [2.24, 2.45) is 0 Å². The van der Waals surface area contributed by atoms with E-state index in [0.29, 0.717) is 73.3 Å². The van der Waals surface area contributed by atoms with Crippen molar-refractivity contribution in [3.8, 4) is 0 Å². The summed E-state index contributed by atoms with van der Waals surface area (Å²) >= 11 is 0. The Bertz CT molecular complexity index is 1320. The number of methoxy groups -OCH3 is 1. The van der Waals surface area contributed by atoms with Crippen molar-refractivity contribution in [3.63, 3.8) is 0 Å². The van der Waals surface area contributed by atoms with Gasteiger partial charge in [-0.15, -0.1) is 0 Å². The highest BCUT2D eigenvalue weighted by Gasteiger charge is 2.25. The van der Waals surface area contributed by atoms with E-state index in [4.69, 9.17) is 15.2 Å². The molecule has 0 bridgehead atoms. The van der Waals surface area contributed by atoms with Crippen molar-refractivity contribution in [1.82, 2.24) is 14.9 Å². The number of morpholine rings is 1. The van der Waals surface area contributed by atoms with E-state index in [-0.39, 0.29) is 17.2 Å². The van der Waals surface area contributed by atoms with E-state index in [1.54, 1.807) is 38.0 Å². The first-order valence-electron chi connectivity index (χ1n) is 12.2. The molecule has 0 aliphatic carbocycles. The van der Waals surface area contributed by atoms with Crippen LogP contribution in [0.4, 0.5) is 30.4 Å².